The third-order valence-electron chi connectivity index (χ3n) is 3.61. The van der Waals surface area contributed by atoms with E-state index in [0.717, 1.165) is 5.01 Å². The van der Waals surface area contributed by atoms with Gasteiger partial charge in [-0.3, -0.25) is 14.9 Å². The molecule has 9 heteroatoms. The van der Waals surface area contributed by atoms with Crippen LogP contribution in [0.3, 0.4) is 0 Å². The lowest BCUT2D eigenvalue weighted by molar-refractivity contribution is -0.118. The van der Waals surface area contributed by atoms with Gasteiger partial charge >= 0.3 is 0 Å². The number of nitrogens with zero attached hydrogens (tertiary/aromatic N) is 2. The van der Waals surface area contributed by atoms with E-state index in [0.29, 0.717) is 22.2 Å². The molecule has 0 aliphatic carbocycles. The zero-order chi connectivity index (χ0) is 19.3. The molecule has 1 unspecified atom stereocenters. The van der Waals surface area contributed by atoms with Gasteiger partial charge in [-0.05, 0) is 25.0 Å². The van der Waals surface area contributed by atoms with Crippen molar-refractivity contribution < 1.29 is 19.1 Å². The molecule has 0 bridgehead atoms. The second kappa shape index (κ2) is 8.61. The number of aryl methyl sites for hydroxylation is 1. The van der Waals surface area contributed by atoms with Crippen LogP contribution in [-0.2, 0) is 4.79 Å². The number of anilines is 1. The van der Waals surface area contributed by atoms with Crippen molar-refractivity contribution in [3.8, 4) is 11.5 Å². The number of hydrogen-bond acceptors (Lipinski definition) is 7. The van der Waals surface area contributed by atoms with Gasteiger partial charge in [0.2, 0.25) is 11.0 Å². The molecule has 0 saturated heterocycles. The highest BCUT2D eigenvalue weighted by atomic mass is 32.1. The number of carbonyl (C=O) groups excluding carboxylic acids is 2. The quantitative estimate of drug-likeness (QED) is 0.766. The van der Waals surface area contributed by atoms with Crippen molar-refractivity contribution in [2.45, 2.75) is 26.8 Å². The maximum Gasteiger partial charge on any atom is 0.252 e. The summed E-state index contributed by atoms with van der Waals surface area (Å²) in [4.78, 5) is 25.2. The molecule has 1 heterocycles. The number of benzene rings is 1. The lowest BCUT2D eigenvalue weighted by atomic mass is 10.0. The first-order chi connectivity index (χ1) is 12.3. The summed E-state index contributed by atoms with van der Waals surface area (Å²) in [5.41, 5.74) is 0.339. The van der Waals surface area contributed by atoms with E-state index in [1.165, 1.54) is 25.6 Å². The zero-order valence-corrected chi connectivity index (χ0v) is 16.1. The molecular formula is C17H22N4O4S. The third-order valence-corrected chi connectivity index (χ3v) is 4.36. The Hall–Kier alpha value is -2.68. The Morgan fingerprint density at radius 1 is 1.08 bits per heavy atom. The summed E-state index contributed by atoms with van der Waals surface area (Å²) < 4.78 is 10.4. The van der Waals surface area contributed by atoms with Gasteiger partial charge < -0.3 is 14.8 Å². The molecule has 1 aromatic heterocycles. The van der Waals surface area contributed by atoms with Gasteiger partial charge in [0, 0.05) is 11.6 Å². The van der Waals surface area contributed by atoms with Crippen LogP contribution >= 0.6 is 11.3 Å². The molecule has 26 heavy (non-hydrogen) atoms. The lowest BCUT2D eigenvalue weighted by Gasteiger charge is -2.21. The molecule has 0 saturated carbocycles. The van der Waals surface area contributed by atoms with Crippen molar-refractivity contribution in [3.05, 3.63) is 28.8 Å². The fourth-order valence-corrected chi connectivity index (χ4v) is 2.82. The molecule has 0 aliphatic rings. The number of aromatic nitrogens is 2. The van der Waals surface area contributed by atoms with E-state index in [1.807, 2.05) is 13.8 Å². The molecule has 0 radical (unpaired) electrons. The van der Waals surface area contributed by atoms with Crippen molar-refractivity contribution in [2.75, 3.05) is 19.5 Å². The van der Waals surface area contributed by atoms with Crippen LogP contribution in [0.2, 0.25) is 0 Å². The van der Waals surface area contributed by atoms with Crippen molar-refractivity contribution in [1.29, 1.82) is 0 Å². The fourth-order valence-electron chi connectivity index (χ4n) is 2.23. The van der Waals surface area contributed by atoms with Crippen LogP contribution in [0.4, 0.5) is 5.13 Å². The molecule has 8 nitrogen and oxygen atoms in total. The van der Waals surface area contributed by atoms with Crippen LogP contribution in [-0.4, -0.2) is 42.3 Å². The average Bonchev–Trinajstić information content (AvgIpc) is 3.03. The second-order valence-corrected chi connectivity index (χ2v) is 7.09. The van der Waals surface area contributed by atoms with E-state index in [-0.39, 0.29) is 11.8 Å². The summed E-state index contributed by atoms with van der Waals surface area (Å²) >= 11 is 1.27. The van der Waals surface area contributed by atoms with E-state index >= 15 is 0 Å². The standard InChI is InChI=1S/C17H22N4O4S/c1-9(2)14(16(23)19-17-21-20-10(3)26-17)18-15(22)11-6-12(24-4)8-13(7-11)25-5/h6-9,14H,1-5H3,(H,18,22)(H,19,21,23). The SMILES string of the molecule is COc1cc(OC)cc(C(=O)NC(C(=O)Nc2nnc(C)s2)C(C)C)c1. The van der Waals surface area contributed by atoms with Gasteiger partial charge in [-0.25, -0.2) is 0 Å². The van der Waals surface area contributed by atoms with E-state index in [1.54, 1.807) is 25.1 Å². The molecule has 2 rings (SSSR count). The molecule has 1 aromatic carbocycles. The van der Waals surface area contributed by atoms with Gasteiger partial charge in [0.15, 0.2) is 0 Å². The summed E-state index contributed by atoms with van der Waals surface area (Å²) in [7, 11) is 3.01. The highest BCUT2D eigenvalue weighted by molar-refractivity contribution is 7.15. The fraction of sp³-hybridized carbons (Fsp3) is 0.412. The number of amides is 2. The molecule has 2 N–H and O–H groups in total. The molecule has 2 aromatic rings. The third kappa shape index (κ3) is 4.92. The van der Waals surface area contributed by atoms with Crippen molar-refractivity contribution in [1.82, 2.24) is 15.5 Å². The maximum absolute atomic E-state index is 12.6. The smallest absolute Gasteiger partial charge is 0.252 e. The Bertz CT molecular complexity index is 769. The van der Waals surface area contributed by atoms with Gasteiger partial charge in [-0.2, -0.15) is 0 Å². The Balaban J connectivity index is 2.16. The van der Waals surface area contributed by atoms with Gasteiger partial charge in [0.1, 0.15) is 22.5 Å². The first kappa shape index (κ1) is 19.6. The summed E-state index contributed by atoms with van der Waals surface area (Å²) in [6, 6.07) is 4.10. The minimum atomic E-state index is -0.732. The van der Waals surface area contributed by atoms with Crippen molar-refractivity contribution in [2.24, 2.45) is 5.92 Å². The highest BCUT2D eigenvalue weighted by Gasteiger charge is 2.26. The van der Waals surface area contributed by atoms with E-state index < -0.39 is 11.9 Å². The first-order valence-electron chi connectivity index (χ1n) is 7.99. The van der Waals surface area contributed by atoms with E-state index in [2.05, 4.69) is 20.8 Å². The Kier molecular flexibility index (Phi) is 6.51. The van der Waals surface area contributed by atoms with Gasteiger partial charge in [0.25, 0.3) is 5.91 Å². The molecule has 2 amide bonds. The molecule has 0 aliphatic heterocycles. The molecular weight excluding hydrogens is 356 g/mol. The van der Waals surface area contributed by atoms with Crippen LogP contribution in [0.15, 0.2) is 18.2 Å². The number of rotatable bonds is 7. The molecule has 0 fully saturated rings. The van der Waals surface area contributed by atoms with Crippen LogP contribution in [0.25, 0.3) is 0 Å². The van der Waals surface area contributed by atoms with E-state index in [9.17, 15) is 9.59 Å². The number of ether oxygens (including phenoxy) is 2. The molecule has 140 valence electrons. The van der Waals surface area contributed by atoms with Gasteiger partial charge in [0.05, 0.1) is 14.2 Å². The summed E-state index contributed by atoms with van der Waals surface area (Å²) in [6.45, 7) is 5.50. The monoisotopic (exact) mass is 378 g/mol. The van der Waals surface area contributed by atoms with Crippen molar-refractivity contribution >= 4 is 28.3 Å². The number of nitrogens with one attached hydrogen (secondary N) is 2. The Morgan fingerprint density at radius 3 is 2.15 bits per heavy atom. The summed E-state index contributed by atoms with van der Waals surface area (Å²) in [6.07, 6.45) is 0. The first-order valence-corrected chi connectivity index (χ1v) is 8.80. The minimum absolute atomic E-state index is 0.125. The number of carbonyl (C=O) groups is 2. The largest absolute Gasteiger partial charge is 0.497 e. The normalized spacial score (nSPS) is 11.8. The van der Waals surface area contributed by atoms with Crippen LogP contribution in [0, 0.1) is 12.8 Å². The Labute approximate surface area is 155 Å². The molecule has 1 atom stereocenters. The van der Waals surface area contributed by atoms with Crippen LogP contribution in [0.1, 0.15) is 29.2 Å². The second-order valence-electron chi connectivity index (χ2n) is 5.91. The summed E-state index contributed by atoms with van der Waals surface area (Å²) in [5, 5.41) is 14.3. The van der Waals surface area contributed by atoms with Crippen molar-refractivity contribution in [3.63, 3.8) is 0 Å². The predicted molar refractivity (Wildman–Crippen MR) is 98.9 cm³/mol. The number of hydrogen-bond donors (Lipinski definition) is 2. The molecule has 0 spiro atoms. The van der Waals surface area contributed by atoms with Crippen LogP contribution < -0.4 is 20.1 Å². The van der Waals surface area contributed by atoms with Crippen LogP contribution in [0.5, 0.6) is 11.5 Å². The predicted octanol–water partition coefficient (Wildman–Crippen LogP) is 2.26. The topological polar surface area (TPSA) is 102 Å². The highest BCUT2D eigenvalue weighted by Crippen LogP contribution is 2.23. The lowest BCUT2D eigenvalue weighted by Crippen LogP contribution is -2.47. The van der Waals surface area contributed by atoms with Gasteiger partial charge in [-0.15, -0.1) is 10.2 Å². The Morgan fingerprint density at radius 2 is 1.69 bits per heavy atom. The minimum Gasteiger partial charge on any atom is -0.497 e. The zero-order valence-electron chi connectivity index (χ0n) is 15.3. The summed E-state index contributed by atoms with van der Waals surface area (Å²) in [5.74, 6) is 0.109. The van der Waals surface area contributed by atoms with Gasteiger partial charge in [-0.1, -0.05) is 25.2 Å². The maximum atomic E-state index is 12.6. The average molecular weight is 378 g/mol. The number of methoxy groups -OCH3 is 2. The van der Waals surface area contributed by atoms with E-state index in [4.69, 9.17) is 9.47 Å².